The van der Waals surface area contributed by atoms with Gasteiger partial charge in [0.2, 0.25) is 11.4 Å². The Kier molecular flexibility index (Phi) is 7.18. The fraction of sp³-hybridized carbons (Fsp3) is 0. The smallest absolute Gasteiger partial charge is 0.210 e. The van der Waals surface area contributed by atoms with E-state index in [9.17, 15) is 0 Å². The van der Waals surface area contributed by atoms with Gasteiger partial charge in [0.05, 0.1) is 46.6 Å². The highest BCUT2D eigenvalue weighted by Crippen LogP contribution is 2.51. The highest BCUT2D eigenvalue weighted by Gasteiger charge is 2.27. The maximum absolute atomic E-state index is 8.67. The average molecular weight is 688 g/mol. The Hall–Kier alpha value is -7.73. The van der Waals surface area contributed by atoms with Gasteiger partial charge in [0, 0.05) is 38.5 Å². The minimum Gasteiger partial charge on any atom is -0.307 e. The summed E-state index contributed by atoms with van der Waals surface area (Å²) in [6, 6.07) is 60.0. The molecule has 0 spiro atoms. The summed E-state index contributed by atoms with van der Waals surface area (Å²) in [5.41, 5.74) is 11.2. The van der Waals surface area contributed by atoms with Crippen molar-refractivity contribution in [3.05, 3.63) is 199 Å². The summed E-state index contributed by atoms with van der Waals surface area (Å²) < 4.78 is 4.72. The van der Waals surface area contributed by atoms with E-state index in [4.69, 9.17) is 18.1 Å². The number of pyridine rings is 1. The van der Waals surface area contributed by atoms with Crippen LogP contribution in [0.4, 0.5) is 11.4 Å². The molecule has 0 bridgehead atoms. The molecule has 54 heavy (non-hydrogen) atoms. The Balaban J connectivity index is 1.43. The minimum absolute atomic E-state index is 0.354. The maximum atomic E-state index is 8.67. The zero-order chi connectivity index (χ0) is 36.2. The van der Waals surface area contributed by atoms with Crippen LogP contribution in [0.25, 0.3) is 98.3 Å². The van der Waals surface area contributed by atoms with Crippen molar-refractivity contribution < 1.29 is 0 Å². The molecule has 0 aliphatic heterocycles. The van der Waals surface area contributed by atoms with E-state index in [1.165, 1.54) is 5.39 Å². The molecule has 0 atom stereocenters. The fourth-order valence-corrected chi connectivity index (χ4v) is 8.12. The van der Waals surface area contributed by atoms with E-state index in [0.29, 0.717) is 28.3 Å². The lowest BCUT2D eigenvalue weighted by molar-refractivity contribution is 1.15. The third kappa shape index (κ3) is 4.60. The second-order valence-electron chi connectivity index (χ2n) is 13.3. The van der Waals surface area contributed by atoms with Gasteiger partial charge < -0.3 is 9.13 Å². The Morgan fingerprint density at radius 2 is 0.870 bits per heavy atom. The van der Waals surface area contributed by atoms with Crippen LogP contribution in [0.5, 0.6) is 0 Å². The van der Waals surface area contributed by atoms with Crippen molar-refractivity contribution in [1.29, 1.82) is 0 Å². The average Bonchev–Trinajstić information content (AvgIpc) is 3.77. The van der Waals surface area contributed by atoms with Crippen molar-refractivity contribution in [2.75, 3.05) is 0 Å². The molecular formula is C49H29N5. The molecule has 3 aromatic heterocycles. The summed E-state index contributed by atoms with van der Waals surface area (Å²) in [6.45, 7) is 17.1. The summed E-state index contributed by atoms with van der Waals surface area (Å²) in [5, 5.41) is 4.47. The molecule has 3 heterocycles. The van der Waals surface area contributed by atoms with Crippen LogP contribution in [0.1, 0.15) is 0 Å². The standard InChI is InChI=1S/C49H29N5/c1-50-45-42(32-18-7-3-8-19-32)46(51-2)44(52-43(45)33-20-9-4-10-21-33)40-28-17-27-37-39-31-30-38-36-26-15-16-29-41(36)53(34-22-11-5-12-23-34)48(38)49(39)54(47(37)40)35-24-13-6-14-25-35/h3-31H. The molecule has 250 valence electrons. The lowest BCUT2D eigenvalue weighted by Crippen LogP contribution is -2.00. The molecule has 5 heteroatoms. The molecule has 0 aliphatic rings. The van der Waals surface area contributed by atoms with E-state index in [-0.39, 0.29) is 0 Å². The van der Waals surface area contributed by atoms with Gasteiger partial charge in [0.15, 0.2) is 0 Å². The van der Waals surface area contributed by atoms with Crippen molar-refractivity contribution in [3.63, 3.8) is 0 Å². The molecule has 0 saturated carbocycles. The number of hydrogen-bond acceptors (Lipinski definition) is 1. The molecule has 0 radical (unpaired) electrons. The molecule has 10 rings (SSSR count). The number of fused-ring (bicyclic) bond motifs is 7. The zero-order valence-corrected chi connectivity index (χ0v) is 29.0. The van der Waals surface area contributed by atoms with Crippen molar-refractivity contribution in [3.8, 4) is 45.0 Å². The number of nitrogens with zero attached hydrogens (tertiary/aromatic N) is 5. The SMILES string of the molecule is [C-]#[N+]c1c(-c2ccccc2)nc(-c2cccc3c4ccc5c6ccccc6n(-c6ccccc6)c5c4n(-c4ccccc4)c23)c([N+]#[C-])c1-c1ccccc1. The van der Waals surface area contributed by atoms with Gasteiger partial charge in [-0.1, -0.05) is 146 Å². The van der Waals surface area contributed by atoms with Crippen molar-refractivity contribution in [1.82, 2.24) is 14.1 Å². The molecule has 0 amide bonds. The third-order valence-corrected chi connectivity index (χ3v) is 10.3. The first kappa shape index (κ1) is 31.0. The lowest BCUT2D eigenvalue weighted by Gasteiger charge is -2.18. The van der Waals surface area contributed by atoms with E-state index in [2.05, 4.69) is 128 Å². The second-order valence-corrected chi connectivity index (χ2v) is 13.3. The van der Waals surface area contributed by atoms with Crippen LogP contribution < -0.4 is 0 Å². The van der Waals surface area contributed by atoms with Crippen LogP contribution in [0, 0.1) is 13.1 Å². The van der Waals surface area contributed by atoms with Crippen LogP contribution in [-0.2, 0) is 0 Å². The maximum Gasteiger partial charge on any atom is 0.210 e. The van der Waals surface area contributed by atoms with Crippen LogP contribution in [0.3, 0.4) is 0 Å². The normalized spacial score (nSPS) is 11.3. The topological polar surface area (TPSA) is 31.5 Å². The first-order chi connectivity index (χ1) is 26.8. The van der Waals surface area contributed by atoms with Gasteiger partial charge in [-0.25, -0.2) is 9.69 Å². The van der Waals surface area contributed by atoms with Crippen LogP contribution in [-0.4, -0.2) is 14.1 Å². The molecule has 0 fully saturated rings. The number of rotatable bonds is 5. The molecule has 5 nitrogen and oxygen atoms in total. The van der Waals surface area contributed by atoms with Gasteiger partial charge in [-0.3, -0.25) is 4.98 Å². The minimum atomic E-state index is 0.354. The van der Waals surface area contributed by atoms with Crippen molar-refractivity contribution in [2.45, 2.75) is 0 Å². The van der Waals surface area contributed by atoms with Gasteiger partial charge in [0.1, 0.15) is 0 Å². The Morgan fingerprint density at radius 1 is 0.389 bits per heavy atom. The second kappa shape index (κ2) is 12.5. The third-order valence-electron chi connectivity index (χ3n) is 10.3. The first-order valence-electron chi connectivity index (χ1n) is 17.8. The quantitative estimate of drug-likeness (QED) is 0.166. The van der Waals surface area contributed by atoms with Crippen molar-refractivity contribution in [2.24, 2.45) is 0 Å². The molecular weight excluding hydrogens is 659 g/mol. The summed E-state index contributed by atoms with van der Waals surface area (Å²) in [7, 11) is 0. The number of hydrogen-bond donors (Lipinski definition) is 0. The Morgan fingerprint density at radius 3 is 1.52 bits per heavy atom. The van der Waals surface area contributed by atoms with Gasteiger partial charge in [-0.15, -0.1) is 0 Å². The molecule has 7 aromatic carbocycles. The Labute approximate surface area is 311 Å². The van der Waals surface area contributed by atoms with Gasteiger partial charge in [-0.2, -0.15) is 0 Å². The zero-order valence-electron chi connectivity index (χ0n) is 29.0. The lowest BCUT2D eigenvalue weighted by atomic mass is 9.94. The van der Waals surface area contributed by atoms with Gasteiger partial charge in [-0.05, 0) is 47.0 Å². The number of aromatic nitrogens is 3. The molecule has 0 saturated heterocycles. The number of para-hydroxylation sites is 4. The van der Waals surface area contributed by atoms with E-state index < -0.39 is 0 Å². The summed E-state index contributed by atoms with van der Waals surface area (Å²) in [6.07, 6.45) is 0. The van der Waals surface area contributed by atoms with Gasteiger partial charge in [0.25, 0.3) is 0 Å². The summed E-state index contributed by atoms with van der Waals surface area (Å²) in [5.74, 6) is 0. The summed E-state index contributed by atoms with van der Waals surface area (Å²) >= 11 is 0. The predicted molar refractivity (Wildman–Crippen MR) is 222 cm³/mol. The molecule has 0 aliphatic carbocycles. The summed E-state index contributed by atoms with van der Waals surface area (Å²) in [4.78, 5) is 13.6. The molecule has 0 unspecified atom stereocenters. The van der Waals surface area contributed by atoms with Crippen molar-refractivity contribution >= 4 is 55.0 Å². The number of benzene rings is 7. The Bertz CT molecular complexity index is 3150. The highest BCUT2D eigenvalue weighted by molar-refractivity contribution is 6.25. The molecule has 0 N–H and O–H groups in total. The van der Waals surface area contributed by atoms with E-state index >= 15 is 0 Å². The molecule has 10 aromatic rings. The van der Waals surface area contributed by atoms with E-state index in [0.717, 1.165) is 66.3 Å². The fourth-order valence-electron chi connectivity index (χ4n) is 8.12. The monoisotopic (exact) mass is 687 g/mol. The van der Waals surface area contributed by atoms with Crippen LogP contribution in [0.15, 0.2) is 176 Å². The van der Waals surface area contributed by atoms with Crippen LogP contribution in [0.2, 0.25) is 0 Å². The van der Waals surface area contributed by atoms with E-state index in [1.807, 2.05) is 66.7 Å². The highest BCUT2D eigenvalue weighted by atomic mass is 15.0. The van der Waals surface area contributed by atoms with E-state index in [1.54, 1.807) is 0 Å². The van der Waals surface area contributed by atoms with Crippen LogP contribution >= 0.6 is 0 Å². The van der Waals surface area contributed by atoms with Gasteiger partial charge >= 0.3 is 0 Å². The first-order valence-corrected chi connectivity index (χ1v) is 17.8. The largest absolute Gasteiger partial charge is 0.307 e. The predicted octanol–water partition coefficient (Wildman–Crippen LogP) is 13.4.